The van der Waals surface area contributed by atoms with Crippen LogP contribution in [0.3, 0.4) is 0 Å². The number of rotatable bonds is 5. The van der Waals surface area contributed by atoms with Crippen LogP contribution >= 0.6 is 0 Å². The first kappa shape index (κ1) is 26.4. The molecule has 0 radical (unpaired) electrons. The monoisotopic (exact) mass is 554 g/mol. The molecule has 0 saturated carbocycles. The maximum absolute atomic E-state index is 13.9. The lowest BCUT2D eigenvalue weighted by molar-refractivity contribution is -0.384. The van der Waals surface area contributed by atoms with Crippen molar-refractivity contribution in [1.29, 1.82) is 0 Å². The van der Waals surface area contributed by atoms with Gasteiger partial charge >= 0.3 is 0 Å². The number of aromatic hydroxyl groups is 1. The first-order chi connectivity index (χ1) is 19.6. The lowest BCUT2D eigenvalue weighted by atomic mass is 9.59. The number of Topliss-reactive ketones (excluding diaryl/α,β-unsaturated/α-hetero) is 1. The number of carbonyl (C=O) groups excluding carboxylic acids is 4. The fourth-order valence-electron chi connectivity index (χ4n) is 6.72. The van der Waals surface area contributed by atoms with Crippen molar-refractivity contribution >= 4 is 34.8 Å². The van der Waals surface area contributed by atoms with Crippen LogP contribution in [0.4, 0.5) is 11.4 Å². The van der Waals surface area contributed by atoms with Gasteiger partial charge in [-0.3, -0.25) is 34.2 Å². The minimum atomic E-state index is -0.771. The van der Waals surface area contributed by atoms with Gasteiger partial charge in [0.2, 0.25) is 11.8 Å². The fourth-order valence-corrected chi connectivity index (χ4v) is 6.72. The third-order valence-electron chi connectivity index (χ3n) is 8.50. The van der Waals surface area contributed by atoms with E-state index in [2.05, 4.69) is 0 Å². The molecule has 208 valence electrons. The summed E-state index contributed by atoms with van der Waals surface area (Å²) in [5.41, 5.74) is 2.49. The number of hydrogen-bond acceptors (Lipinski definition) is 8. The molecular formula is C31H26N2O8. The Morgan fingerprint density at radius 1 is 1.05 bits per heavy atom. The van der Waals surface area contributed by atoms with Crippen molar-refractivity contribution < 1.29 is 33.9 Å². The number of nitrogens with zero attached hydrogens (tertiary/aromatic N) is 2. The van der Waals surface area contributed by atoms with E-state index in [-0.39, 0.29) is 47.3 Å². The number of nitro benzene ring substituents is 1. The normalized spacial score (nSPS) is 25.4. The number of allylic oxidation sites excluding steroid dienone is 6. The molecule has 41 heavy (non-hydrogen) atoms. The number of fused-ring (bicyclic) bond motifs is 3. The zero-order valence-corrected chi connectivity index (χ0v) is 22.3. The highest BCUT2D eigenvalue weighted by molar-refractivity contribution is 6.25. The number of phenols is 1. The Balaban J connectivity index is 1.46. The molecule has 0 bridgehead atoms. The van der Waals surface area contributed by atoms with Gasteiger partial charge in [0.05, 0.1) is 29.1 Å². The maximum atomic E-state index is 13.9. The molecule has 0 spiro atoms. The molecule has 1 aliphatic heterocycles. The van der Waals surface area contributed by atoms with Crippen molar-refractivity contribution in [2.75, 3.05) is 11.5 Å². The molecule has 10 heteroatoms. The Kier molecular flexibility index (Phi) is 6.21. The molecule has 2 aromatic carbocycles. The summed E-state index contributed by atoms with van der Waals surface area (Å²) in [6, 6.07) is 10.1. The number of non-ortho nitro benzene ring substituents is 1. The molecule has 2 aromatic rings. The van der Waals surface area contributed by atoms with E-state index in [1.807, 2.05) is 6.08 Å². The highest BCUT2D eigenvalue weighted by Crippen LogP contribution is 2.55. The number of nitro groups is 1. The standard InChI is InChI=1S/C31H26N2O8/c1-3-41-25-13-16(4-11-23(25)34)26-19-9-10-20-27(21(19)14-22-28(26)24(35)12-15(2)29(22)36)31(38)32(30(20)37)17-5-7-18(8-6-17)33(39)40/h4-9,11-13,20-21,26-27,34H,3,10,14H2,1-2H3/t20-,21+,26-,27-/m0/s1. The summed E-state index contributed by atoms with van der Waals surface area (Å²) < 4.78 is 5.60. The van der Waals surface area contributed by atoms with Gasteiger partial charge in [-0.15, -0.1) is 0 Å². The number of amides is 2. The van der Waals surface area contributed by atoms with Gasteiger partial charge in [0.25, 0.3) is 5.69 Å². The Morgan fingerprint density at radius 3 is 2.46 bits per heavy atom. The average molecular weight is 555 g/mol. The van der Waals surface area contributed by atoms with Crippen LogP contribution in [0.5, 0.6) is 11.5 Å². The zero-order valence-electron chi connectivity index (χ0n) is 22.3. The molecule has 4 aliphatic rings. The summed E-state index contributed by atoms with van der Waals surface area (Å²) >= 11 is 0. The summed E-state index contributed by atoms with van der Waals surface area (Å²) in [7, 11) is 0. The van der Waals surface area contributed by atoms with Crippen molar-refractivity contribution in [3.05, 3.63) is 92.6 Å². The van der Waals surface area contributed by atoms with E-state index in [0.717, 1.165) is 10.5 Å². The molecule has 0 unspecified atom stereocenters. The van der Waals surface area contributed by atoms with Gasteiger partial charge < -0.3 is 9.84 Å². The van der Waals surface area contributed by atoms with E-state index >= 15 is 0 Å². The minimum absolute atomic E-state index is 0.0630. The number of ether oxygens (including phenoxy) is 1. The van der Waals surface area contributed by atoms with E-state index in [9.17, 15) is 34.4 Å². The van der Waals surface area contributed by atoms with E-state index in [0.29, 0.717) is 28.9 Å². The summed E-state index contributed by atoms with van der Waals surface area (Å²) in [6.45, 7) is 3.67. The van der Waals surface area contributed by atoms with Crippen LogP contribution in [0.1, 0.15) is 38.2 Å². The van der Waals surface area contributed by atoms with Crippen molar-refractivity contribution in [3.63, 3.8) is 0 Å². The number of phenolic OH excluding ortho intramolecular Hbond substituents is 1. The van der Waals surface area contributed by atoms with Crippen LogP contribution in [-0.2, 0) is 19.2 Å². The molecule has 1 N–H and O–H groups in total. The summed E-state index contributed by atoms with van der Waals surface area (Å²) in [5.74, 6) is -3.83. The van der Waals surface area contributed by atoms with Crippen molar-refractivity contribution in [1.82, 2.24) is 0 Å². The van der Waals surface area contributed by atoms with E-state index in [1.165, 1.54) is 36.4 Å². The number of imide groups is 1. The zero-order chi connectivity index (χ0) is 29.2. The summed E-state index contributed by atoms with van der Waals surface area (Å²) in [6.07, 6.45) is 3.64. The van der Waals surface area contributed by atoms with Gasteiger partial charge in [0.1, 0.15) is 0 Å². The molecule has 10 nitrogen and oxygen atoms in total. The highest BCUT2D eigenvalue weighted by atomic mass is 16.6. The SMILES string of the molecule is CCOc1cc([C@H]2C3=CC[C@@H]4C(=O)N(c5ccc([N+](=O)[O-])cc5)C(=O)[C@@H]4[C@@H]3CC3=C2C(=O)C=C(C)C3=O)ccc1O. The predicted molar refractivity (Wildman–Crippen MR) is 146 cm³/mol. The largest absolute Gasteiger partial charge is 0.504 e. The Bertz CT molecular complexity index is 1650. The smallest absolute Gasteiger partial charge is 0.269 e. The van der Waals surface area contributed by atoms with Crippen LogP contribution in [0.15, 0.2) is 76.9 Å². The first-order valence-corrected chi connectivity index (χ1v) is 13.4. The lowest BCUT2D eigenvalue weighted by Crippen LogP contribution is -2.39. The minimum Gasteiger partial charge on any atom is -0.504 e. The molecular weight excluding hydrogens is 528 g/mol. The van der Waals surface area contributed by atoms with Crippen LogP contribution < -0.4 is 9.64 Å². The Hall–Kier alpha value is -4.86. The molecule has 1 fully saturated rings. The summed E-state index contributed by atoms with van der Waals surface area (Å²) in [5, 5.41) is 21.4. The Labute approximate surface area is 234 Å². The number of carbonyl (C=O) groups is 4. The van der Waals surface area contributed by atoms with Crippen molar-refractivity contribution in [2.24, 2.45) is 17.8 Å². The van der Waals surface area contributed by atoms with Crippen LogP contribution in [0.25, 0.3) is 0 Å². The van der Waals surface area contributed by atoms with Gasteiger partial charge in [-0.2, -0.15) is 0 Å². The predicted octanol–water partition coefficient (Wildman–Crippen LogP) is 4.33. The molecule has 1 heterocycles. The van der Waals surface area contributed by atoms with Gasteiger partial charge in [-0.05, 0) is 68.5 Å². The third kappa shape index (κ3) is 4.01. The second-order valence-corrected chi connectivity index (χ2v) is 10.7. The molecule has 2 amide bonds. The van der Waals surface area contributed by atoms with Gasteiger partial charge in [-0.1, -0.05) is 17.7 Å². The molecule has 4 atom stereocenters. The third-order valence-corrected chi connectivity index (χ3v) is 8.50. The highest BCUT2D eigenvalue weighted by Gasteiger charge is 2.56. The van der Waals surface area contributed by atoms with E-state index in [1.54, 1.807) is 26.0 Å². The quantitative estimate of drug-likeness (QED) is 0.189. The molecule has 0 aromatic heterocycles. The Morgan fingerprint density at radius 2 is 1.78 bits per heavy atom. The van der Waals surface area contributed by atoms with Gasteiger partial charge in [0, 0.05) is 34.8 Å². The van der Waals surface area contributed by atoms with Gasteiger partial charge in [-0.25, -0.2) is 0 Å². The molecule has 1 saturated heterocycles. The topological polar surface area (TPSA) is 144 Å². The van der Waals surface area contributed by atoms with Crippen LogP contribution in [0.2, 0.25) is 0 Å². The number of anilines is 1. The van der Waals surface area contributed by atoms with Crippen LogP contribution in [-0.4, -0.2) is 40.0 Å². The van der Waals surface area contributed by atoms with Crippen molar-refractivity contribution in [2.45, 2.75) is 32.6 Å². The average Bonchev–Trinajstić information content (AvgIpc) is 3.21. The van der Waals surface area contributed by atoms with Crippen LogP contribution in [0, 0.1) is 27.9 Å². The molecule has 6 rings (SSSR count). The lowest BCUT2D eigenvalue weighted by Gasteiger charge is -2.42. The van der Waals surface area contributed by atoms with Gasteiger partial charge in [0.15, 0.2) is 23.1 Å². The number of benzene rings is 2. The second kappa shape index (κ2) is 9.65. The maximum Gasteiger partial charge on any atom is 0.269 e. The number of ketones is 2. The molecule has 3 aliphatic carbocycles. The number of hydrogen-bond donors (Lipinski definition) is 1. The fraction of sp³-hybridized carbons (Fsp3) is 0.290. The second-order valence-electron chi connectivity index (χ2n) is 10.7. The van der Waals surface area contributed by atoms with E-state index in [4.69, 9.17) is 4.74 Å². The first-order valence-electron chi connectivity index (χ1n) is 13.4. The van der Waals surface area contributed by atoms with Crippen molar-refractivity contribution in [3.8, 4) is 11.5 Å². The summed E-state index contributed by atoms with van der Waals surface area (Å²) in [4.78, 5) is 65.9. The van der Waals surface area contributed by atoms with E-state index < -0.39 is 40.4 Å².